The average Bonchev–Trinajstić information content (AvgIpc) is 2.41. The molecule has 3 N–H and O–H groups in total. The second kappa shape index (κ2) is 1.97. The number of hydrogen-bond donors (Lipinski definition) is 2. The average molecular weight is 140 g/mol. The molecular weight excluding hydrogens is 128 g/mol. The Morgan fingerprint density at radius 3 is 3.20 bits per heavy atom. The number of hydrogen-bond acceptors (Lipinski definition) is 3. The summed E-state index contributed by atoms with van der Waals surface area (Å²) < 4.78 is 0. The summed E-state index contributed by atoms with van der Waals surface area (Å²) in [4.78, 5) is 2.16. The first-order chi connectivity index (χ1) is 4.79. The lowest BCUT2D eigenvalue weighted by Crippen LogP contribution is -2.31. The van der Waals surface area contributed by atoms with Crippen molar-refractivity contribution in [1.29, 1.82) is 0 Å². The van der Waals surface area contributed by atoms with Crippen LogP contribution in [0.15, 0.2) is 11.8 Å². The van der Waals surface area contributed by atoms with Crippen molar-refractivity contribution in [2.24, 2.45) is 5.73 Å². The highest BCUT2D eigenvalue weighted by Gasteiger charge is 2.34. The van der Waals surface area contributed by atoms with Crippen LogP contribution in [-0.4, -0.2) is 35.2 Å². The van der Waals surface area contributed by atoms with Crippen molar-refractivity contribution in [1.82, 2.24) is 4.90 Å². The smallest absolute Gasteiger partial charge is 0.0921 e. The highest BCUT2D eigenvalue weighted by atomic mass is 16.3. The van der Waals surface area contributed by atoms with Gasteiger partial charge in [-0.1, -0.05) is 6.08 Å². The molecule has 2 atom stereocenters. The Balaban J connectivity index is 2.22. The number of aliphatic hydroxyl groups is 1. The Hall–Kier alpha value is -0.540. The third-order valence-electron chi connectivity index (χ3n) is 2.28. The van der Waals surface area contributed by atoms with E-state index in [1.54, 1.807) is 0 Å². The minimum Gasteiger partial charge on any atom is -0.389 e. The zero-order valence-corrected chi connectivity index (χ0v) is 5.83. The summed E-state index contributed by atoms with van der Waals surface area (Å²) in [5.74, 6) is 0. The Labute approximate surface area is 60.1 Å². The normalized spacial score (nSPS) is 38.2. The molecule has 0 aromatic carbocycles. The first kappa shape index (κ1) is 6.19. The number of rotatable bonds is 0. The van der Waals surface area contributed by atoms with Crippen LogP contribution in [0.25, 0.3) is 0 Å². The highest BCUT2D eigenvalue weighted by Crippen LogP contribution is 2.25. The van der Waals surface area contributed by atoms with Gasteiger partial charge >= 0.3 is 0 Å². The van der Waals surface area contributed by atoms with Crippen LogP contribution in [0, 0.1) is 0 Å². The van der Waals surface area contributed by atoms with E-state index < -0.39 is 0 Å². The summed E-state index contributed by atoms with van der Waals surface area (Å²) in [5, 5.41) is 9.30. The molecule has 56 valence electrons. The lowest BCUT2D eigenvalue weighted by Gasteiger charge is -2.12. The van der Waals surface area contributed by atoms with E-state index in [2.05, 4.69) is 11.0 Å². The summed E-state index contributed by atoms with van der Waals surface area (Å²) in [6.45, 7) is 1.77. The highest BCUT2D eigenvalue weighted by molar-refractivity contribution is 5.21. The van der Waals surface area contributed by atoms with Gasteiger partial charge in [-0.25, -0.2) is 0 Å². The number of nitrogens with zero attached hydrogens (tertiary/aromatic N) is 1. The molecule has 1 fully saturated rings. The van der Waals surface area contributed by atoms with E-state index in [-0.39, 0.29) is 12.1 Å². The quantitative estimate of drug-likeness (QED) is 0.467. The predicted octanol–water partition coefficient (Wildman–Crippen LogP) is -0.722. The van der Waals surface area contributed by atoms with Gasteiger partial charge in [0.25, 0.3) is 0 Å². The van der Waals surface area contributed by atoms with Gasteiger partial charge in [-0.15, -0.1) is 0 Å². The molecule has 0 saturated carbocycles. The molecule has 0 aromatic rings. The fraction of sp³-hybridized carbons (Fsp3) is 0.714. The van der Waals surface area contributed by atoms with Gasteiger partial charge < -0.3 is 15.7 Å². The molecule has 2 rings (SSSR count). The van der Waals surface area contributed by atoms with Gasteiger partial charge in [0.15, 0.2) is 0 Å². The van der Waals surface area contributed by atoms with Crippen molar-refractivity contribution in [3.8, 4) is 0 Å². The summed E-state index contributed by atoms with van der Waals surface area (Å²) in [7, 11) is 0. The van der Waals surface area contributed by atoms with E-state index in [1.165, 1.54) is 0 Å². The first-order valence-corrected chi connectivity index (χ1v) is 3.67. The molecule has 1 saturated heterocycles. The molecule has 3 nitrogen and oxygen atoms in total. The van der Waals surface area contributed by atoms with Crippen molar-refractivity contribution in [2.45, 2.75) is 18.6 Å². The third-order valence-corrected chi connectivity index (χ3v) is 2.28. The molecule has 2 heterocycles. The minimum atomic E-state index is -0.341. The van der Waals surface area contributed by atoms with Crippen LogP contribution in [0.3, 0.4) is 0 Å². The van der Waals surface area contributed by atoms with Gasteiger partial charge in [0.05, 0.1) is 12.1 Å². The van der Waals surface area contributed by atoms with Gasteiger partial charge in [-0.3, -0.25) is 0 Å². The fourth-order valence-corrected chi connectivity index (χ4v) is 1.71. The van der Waals surface area contributed by atoms with Crippen LogP contribution in [0.4, 0.5) is 0 Å². The van der Waals surface area contributed by atoms with Gasteiger partial charge in [-0.2, -0.15) is 0 Å². The zero-order chi connectivity index (χ0) is 7.14. The monoisotopic (exact) mass is 140 g/mol. The van der Waals surface area contributed by atoms with Crippen LogP contribution in [-0.2, 0) is 0 Å². The Morgan fingerprint density at radius 2 is 2.50 bits per heavy atom. The fourth-order valence-electron chi connectivity index (χ4n) is 1.71. The van der Waals surface area contributed by atoms with Crippen molar-refractivity contribution < 1.29 is 5.11 Å². The molecule has 1 unspecified atom stereocenters. The molecule has 2 aliphatic heterocycles. The number of aliphatic hydroxyl groups excluding tert-OH is 1. The second-order valence-corrected chi connectivity index (χ2v) is 2.96. The molecule has 2 aliphatic rings. The lowest BCUT2D eigenvalue weighted by atomic mass is 10.2. The zero-order valence-electron chi connectivity index (χ0n) is 5.83. The summed E-state index contributed by atoms with van der Waals surface area (Å²) in [6.07, 6.45) is 2.88. The van der Waals surface area contributed by atoms with E-state index >= 15 is 0 Å². The van der Waals surface area contributed by atoms with Crippen molar-refractivity contribution in [3.63, 3.8) is 0 Å². The maximum atomic E-state index is 9.30. The van der Waals surface area contributed by atoms with E-state index in [4.69, 9.17) is 5.73 Å². The molecule has 3 heteroatoms. The SMILES string of the molecule is N[C@@H]1C2=CCCN2CC1O. The summed E-state index contributed by atoms with van der Waals surface area (Å²) >= 11 is 0. The van der Waals surface area contributed by atoms with Gasteiger partial charge in [0.2, 0.25) is 0 Å². The van der Waals surface area contributed by atoms with Crippen LogP contribution in [0.5, 0.6) is 0 Å². The Kier molecular flexibility index (Phi) is 1.22. The Morgan fingerprint density at radius 1 is 1.70 bits per heavy atom. The number of fused-ring (bicyclic) bond motifs is 1. The molecule has 10 heavy (non-hydrogen) atoms. The summed E-state index contributed by atoms with van der Waals surface area (Å²) in [6, 6.07) is -0.123. The molecule has 0 radical (unpaired) electrons. The third kappa shape index (κ3) is 0.676. The maximum absolute atomic E-state index is 9.30. The summed E-state index contributed by atoms with van der Waals surface area (Å²) in [5.41, 5.74) is 6.85. The van der Waals surface area contributed by atoms with Crippen LogP contribution in [0.2, 0.25) is 0 Å². The van der Waals surface area contributed by atoms with Crippen molar-refractivity contribution in [3.05, 3.63) is 11.8 Å². The van der Waals surface area contributed by atoms with Crippen LogP contribution >= 0.6 is 0 Å². The van der Waals surface area contributed by atoms with Crippen molar-refractivity contribution in [2.75, 3.05) is 13.1 Å². The first-order valence-electron chi connectivity index (χ1n) is 3.67. The Bertz CT molecular complexity index is 178. The van der Waals surface area contributed by atoms with E-state index in [1.807, 2.05) is 0 Å². The maximum Gasteiger partial charge on any atom is 0.0921 e. The molecular formula is C7H12N2O. The van der Waals surface area contributed by atoms with E-state index in [0.717, 1.165) is 25.2 Å². The molecule has 0 amide bonds. The standard InChI is InChI=1S/C7H12N2O/c8-7-5-2-1-3-9(5)4-6(7)10/h2,6-7,10H,1,3-4,8H2/t6?,7-/m1/s1. The van der Waals surface area contributed by atoms with Crippen molar-refractivity contribution >= 4 is 0 Å². The molecule has 0 aromatic heterocycles. The minimum absolute atomic E-state index is 0.123. The van der Waals surface area contributed by atoms with Crippen LogP contribution < -0.4 is 5.73 Å². The van der Waals surface area contributed by atoms with Gasteiger partial charge in [0, 0.05) is 18.8 Å². The largest absolute Gasteiger partial charge is 0.389 e. The predicted molar refractivity (Wildman–Crippen MR) is 38.3 cm³/mol. The second-order valence-electron chi connectivity index (χ2n) is 2.96. The molecule has 0 aliphatic carbocycles. The topological polar surface area (TPSA) is 49.5 Å². The van der Waals surface area contributed by atoms with Gasteiger partial charge in [-0.05, 0) is 6.42 Å². The number of nitrogens with two attached hydrogens (primary N) is 1. The van der Waals surface area contributed by atoms with Crippen LogP contribution in [0.1, 0.15) is 6.42 Å². The van der Waals surface area contributed by atoms with E-state index in [9.17, 15) is 5.11 Å². The van der Waals surface area contributed by atoms with Gasteiger partial charge in [0.1, 0.15) is 0 Å². The molecule has 0 spiro atoms. The lowest BCUT2D eigenvalue weighted by molar-refractivity contribution is 0.165. The van der Waals surface area contributed by atoms with E-state index in [0.29, 0.717) is 0 Å². The molecule has 0 bridgehead atoms.